The molecule has 1 saturated heterocycles. The van der Waals surface area contributed by atoms with Crippen LogP contribution in [0, 0.1) is 0 Å². The van der Waals surface area contributed by atoms with E-state index < -0.39 is 0 Å². The first-order chi connectivity index (χ1) is 14.5. The molecule has 4 heteroatoms. The Labute approximate surface area is 178 Å². The maximum atomic E-state index is 4.38. The van der Waals surface area contributed by atoms with Gasteiger partial charge in [0.2, 0.25) is 0 Å². The zero-order chi connectivity index (χ0) is 20.8. The van der Waals surface area contributed by atoms with Crippen molar-refractivity contribution in [1.29, 1.82) is 0 Å². The molecule has 0 unspecified atom stereocenters. The second kappa shape index (κ2) is 7.59. The van der Waals surface area contributed by atoms with Crippen molar-refractivity contribution in [3.05, 3.63) is 60.0 Å². The molecule has 4 aromatic rings. The first-order valence-electron chi connectivity index (χ1n) is 11.3. The van der Waals surface area contributed by atoms with E-state index in [1.807, 2.05) is 12.4 Å². The zero-order valence-electron chi connectivity index (χ0n) is 18.5. The fraction of sp³-hybridized carbons (Fsp3) is 0.423. The molecule has 156 valence electrons. The number of aromatic amines is 1. The van der Waals surface area contributed by atoms with E-state index in [4.69, 9.17) is 0 Å². The highest BCUT2D eigenvalue weighted by Gasteiger charge is 2.23. The monoisotopic (exact) mass is 400 g/mol. The highest BCUT2D eigenvalue weighted by atomic mass is 15.1. The lowest BCUT2D eigenvalue weighted by Crippen LogP contribution is -2.37. The standard InChI is InChI=1S/C26H32N4/c1-17(2)25-22-15-20(19-9-12-29(13-10-19)18(3)4)5-7-23(22)28-26(25)21-6-8-24-27-11-14-30(24)16-21/h5-8,11,14-19,28H,9-10,12-13H2,1-4H3. The molecular formula is C26H32N4. The van der Waals surface area contributed by atoms with Gasteiger partial charge in [-0.2, -0.15) is 0 Å². The van der Waals surface area contributed by atoms with E-state index >= 15 is 0 Å². The number of benzene rings is 1. The van der Waals surface area contributed by atoms with Crippen LogP contribution in [0.15, 0.2) is 48.9 Å². The lowest BCUT2D eigenvalue weighted by molar-refractivity contribution is 0.172. The van der Waals surface area contributed by atoms with E-state index in [0.717, 1.165) is 5.65 Å². The van der Waals surface area contributed by atoms with E-state index in [-0.39, 0.29) is 0 Å². The topological polar surface area (TPSA) is 36.3 Å². The highest BCUT2D eigenvalue weighted by molar-refractivity contribution is 5.92. The second-order valence-corrected chi connectivity index (χ2v) is 9.39. The molecule has 1 aliphatic heterocycles. The van der Waals surface area contributed by atoms with Crippen LogP contribution >= 0.6 is 0 Å². The number of nitrogens with zero attached hydrogens (tertiary/aromatic N) is 3. The molecule has 0 aliphatic carbocycles. The minimum atomic E-state index is 0.449. The summed E-state index contributed by atoms with van der Waals surface area (Å²) in [4.78, 5) is 10.7. The molecule has 3 aromatic heterocycles. The normalized spacial score (nSPS) is 16.5. The van der Waals surface area contributed by atoms with Gasteiger partial charge in [0.1, 0.15) is 5.65 Å². The molecule has 30 heavy (non-hydrogen) atoms. The number of aromatic nitrogens is 3. The van der Waals surface area contributed by atoms with Crippen molar-refractivity contribution >= 4 is 16.6 Å². The molecule has 0 amide bonds. The van der Waals surface area contributed by atoms with E-state index in [9.17, 15) is 0 Å². The Morgan fingerprint density at radius 1 is 1.03 bits per heavy atom. The number of likely N-dealkylation sites (tertiary alicyclic amines) is 1. The Hall–Kier alpha value is -2.59. The van der Waals surface area contributed by atoms with E-state index in [2.05, 4.69) is 83.5 Å². The Morgan fingerprint density at radius 3 is 2.57 bits per heavy atom. The van der Waals surface area contributed by atoms with Gasteiger partial charge in [0.05, 0.1) is 5.69 Å². The molecule has 5 rings (SSSR count). The Balaban J connectivity index is 1.54. The van der Waals surface area contributed by atoms with Gasteiger partial charge in [-0.1, -0.05) is 19.9 Å². The molecular weight excluding hydrogens is 368 g/mol. The van der Waals surface area contributed by atoms with Crippen molar-refractivity contribution in [2.45, 2.75) is 58.4 Å². The van der Waals surface area contributed by atoms with Gasteiger partial charge >= 0.3 is 0 Å². The van der Waals surface area contributed by atoms with Gasteiger partial charge in [-0.05, 0) is 87.0 Å². The minimum absolute atomic E-state index is 0.449. The molecule has 4 heterocycles. The van der Waals surface area contributed by atoms with Crippen LogP contribution in [0.3, 0.4) is 0 Å². The number of fused-ring (bicyclic) bond motifs is 2. The van der Waals surface area contributed by atoms with Crippen LogP contribution in [0.1, 0.15) is 63.5 Å². The molecule has 4 nitrogen and oxygen atoms in total. The average Bonchev–Trinajstić information content (AvgIpc) is 3.37. The van der Waals surface area contributed by atoms with Crippen molar-refractivity contribution in [2.24, 2.45) is 0 Å². The zero-order valence-corrected chi connectivity index (χ0v) is 18.5. The molecule has 1 aromatic carbocycles. The number of hydrogen-bond acceptors (Lipinski definition) is 2. The molecule has 0 spiro atoms. The summed E-state index contributed by atoms with van der Waals surface area (Å²) in [5.74, 6) is 1.12. The summed E-state index contributed by atoms with van der Waals surface area (Å²) in [7, 11) is 0. The second-order valence-electron chi connectivity index (χ2n) is 9.39. The predicted molar refractivity (Wildman–Crippen MR) is 125 cm³/mol. The van der Waals surface area contributed by atoms with Crippen LogP contribution < -0.4 is 0 Å². The van der Waals surface area contributed by atoms with Gasteiger partial charge < -0.3 is 14.3 Å². The van der Waals surface area contributed by atoms with Crippen LogP contribution in [-0.4, -0.2) is 38.4 Å². The summed E-state index contributed by atoms with van der Waals surface area (Å²) in [6.07, 6.45) is 8.56. The summed E-state index contributed by atoms with van der Waals surface area (Å²) in [6, 6.07) is 12.0. The fourth-order valence-electron chi connectivity index (χ4n) is 5.13. The molecule has 1 aliphatic rings. The summed E-state index contributed by atoms with van der Waals surface area (Å²) < 4.78 is 2.10. The third-order valence-corrected chi connectivity index (χ3v) is 6.85. The number of piperidine rings is 1. The van der Waals surface area contributed by atoms with Gasteiger partial charge in [-0.3, -0.25) is 0 Å². The average molecular weight is 401 g/mol. The number of nitrogens with one attached hydrogen (secondary N) is 1. The summed E-state index contributed by atoms with van der Waals surface area (Å²) >= 11 is 0. The highest BCUT2D eigenvalue weighted by Crippen LogP contribution is 2.38. The van der Waals surface area contributed by atoms with Gasteiger partial charge in [-0.15, -0.1) is 0 Å². The fourth-order valence-corrected chi connectivity index (χ4v) is 5.13. The van der Waals surface area contributed by atoms with E-state index in [1.54, 1.807) is 0 Å². The number of rotatable bonds is 4. The first-order valence-corrected chi connectivity index (χ1v) is 11.3. The van der Waals surface area contributed by atoms with E-state index in [1.165, 1.54) is 59.2 Å². The Kier molecular flexibility index (Phi) is 4.90. The third-order valence-electron chi connectivity index (χ3n) is 6.85. The van der Waals surface area contributed by atoms with Crippen LogP contribution in [0.25, 0.3) is 27.8 Å². The van der Waals surface area contributed by atoms with Crippen molar-refractivity contribution in [1.82, 2.24) is 19.3 Å². The number of H-pyrrole nitrogens is 1. The van der Waals surface area contributed by atoms with E-state index in [0.29, 0.717) is 17.9 Å². The lowest BCUT2D eigenvalue weighted by Gasteiger charge is -2.34. The van der Waals surface area contributed by atoms with Gasteiger partial charge in [0.15, 0.2) is 0 Å². The maximum absolute atomic E-state index is 4.38. The first kappa shape index (κ1) is 19.4. The van der Waals surface area contributed by atoms with Crippen LogP contribution in [-0.2, 0) is 0 Å². The molecule has 0 radical (unpaired) electrons. The molecule has 1 N–H and O–H groups in total. The molecule has 0 bridgehead atoms. The van der Waals surface area contributed by atoms with Crippen LogP contribution in [0.5, 0.6) is 0 Å². The summed E-state index contributed by atoms with van der Waals surface area (Å²) in [6.45, 7) is 11.6. The van der Waals surface area contributed by atoms with Crippen LogP contribution in [0.4, 0.5) is 0 Å². The smallest absolute Gasteiger partial charge is 0.136 e. The molecule has 1 fully saturated rings. The van der Waals surface area contributed by atoms with Crippen LogP contribution in [0.2, 0.25) is 0 Å². The van der Waals surface area contributed by atoms with Crippen molar-refractivity contribution in [3.63, 3.8) is 0 Å². The van der Waals surface area contributed by atoms with Gasteiger partial charge in [0.25, 0.3) is 0 Å². The van der Waals surface area contributed by atoms with Crippen molar-refractivity contribution in [2.75, 3.05) is 13.1 Å². The number of imidazole rings is 1. The summed E-state index contributed by atoms with van der Waals surface area (Å²) in [5, 5.41) is 1.38. The third kappa shape index (κ3) is 3.33. The predicted octanol–water partition coefficient (Wildman–Crippen LogP) is 6.19. The lowest BCUT2D eigenvalue weighted by atomic mass is 9.87. The van der Waals surface area contributed by atoms with Gasteiger partial charge in [-0.25, -0.2) is 4.98 Å². The van der Waals surface area contributed by atoms with Crippen molar-refractivity contribution < 1.29 is 0 Å². The molecule has 0 atom stereocenters. The largest absolute Gasteiger partial charge is 0.354 e. The SMILES string of the molecule is CC(C)c1c(-c2ccc3nccn3c2)[nH]c2ccc(C3CCN(C(C)C)CC3)cc12. The number of pyridine rings is 1. The maximum Gasteiger partial charge on any atom is 0.136 e. The van der Waals surface area contributed by atoms with Gasteiger partial charge in [0, 0.05) is 41.1 Å². The summed E-state index contributed by atoms with van der Waals surface area (Å²) in [5.41, 5.74) is 7.60. The molecule has 0 saturated carbocycles. The minimum Gasteiger partial charge on any atom is -0.354 e. The Bertz CT molecular complexity index is 1170. The number of hydrogen-bond donors (Lipinski definition) is 1. The Morgan fingerprint density at radius 2 is 1.83 bits per heavy atom. The quantitative estimate of drug-likeness (QED) is 0.443. The van der Waals surface area contributed by atoms with Crippen molar-refractivity contribution in [3.8, 4) is 11.3 Å².